The fraction of sp³-hybridized carbons (Fsp3) is 0.364. The third-order valence-corrected chi connectivity index (χ3v) is 9.98. The number of hydrogen-bond donors (Lipinski definition) is 2. The lowest BCUT2D eigenvalue weighted by Crippen LogP contribution is -2.57. The summed E-state index contributed by atoms with van der Waals surface area (Å²) in [5.41, 5.74) is 13.2. The van der Waals surface area contributed by atoms with Gasteiger partial charge >= 0.3 is 0 Å². The fourth-order valence-electron chi connectivity index (χ4n) is 3.85. The molecule has 2 aromatic carbocycles. The summed E-state index contributed by atoms with van der Waals surface area (Å²) in [6.45, 7) is 3.12. The molecule has 0 aliphatic heterocycles. The van der Waals surface area contributed by atoms with Crippen molar-refractivity contribution in [1.29, 1.82) is 0 Å². The Morgan fingerprint density at radius 1 is 1.15 bits per heavy atom. The first-order valence-electron chi connectivity index (χ1n) is 10.5. The number of rotatable bonds is 9. The maximum absolute atomic E-state index is 13.9. The molecule has 0 bridgehead atoms. The predicted octanol–water partition coefficient (Wildman–Crippen LogP) is 2.35. The molecule has 12 heteroatoms. The first-order valence-corrected chi connectivity index (χ1v) is 14.9. The van der Waals surface area contributed by atoms with Gasteiger partial charge in [0.25, 0.3) is 0 Å². The molecule has 34 heavy (non-hydrogen) atoms. The molecule has 1 heterocycles. The number of anilines is 1. The Morgan fingerprint density at radius 3 is 2.38 bits per heavy atom. The molecular formula is C22H28N4O5S3. The molecule has 9 nitrogen and oxygen atoms in total. The average Bonchev–Trinajstić information content (AvgIpc) is 3.15. The van der Waals surface area contributed by atoms with Crippen molar-refractivity contribution in [3.05, 3.63) is 54.1 Å². The van der Waals surface area contributed by atoms with E-state index in [-0.39, 0.29) is 16.6 Å². The van der Waals surface area contributed by atoms with Gasteiger partial charge in [0, 0.05) is 12.8 Å². The minimum absolute atomic E-state index is 0.147. The molecule has 3 rings (SSSR count). The minimum atomic E-state index is -4.48. The van der Waals surface area contributed by atoms with Gasteiger partial charge in [0.1, 0.15) is 16.0 Å². The highest BCUT2D eigenvalue weighted by atomic mass is 32.2. The molecule has 0 radical (unpaired) electrons. The summed E-state index contributed by atoms with van der Waals surface area (Å²) in [6, 6.07) is 12.9. The highest BCUT2D eigenvalue weighted by molar-refractivity contribution is 7.96. The van der Waals surface area contributed by atoms with Crippen LogP contribution in [0, 0.1) is 0 Å². The van der Waals surface area contributed by atoms with E-state index in [1.165, 1.54) is 23.1 Å². The van der Waals surface area contributed by atoms with Crippen LogP contribution in [0.2, 0.25) is 0 Å². The van der Waals surface area contributed by atoms with Crippen molar-refractivity contribution >= 4 is 52.3 Å². The zero-order chi connectivity index (χ0) is 25.3. The van der Waals surface area contributed by atoms with Crippen molar-refractivity contribution in [2.75, 3.05) is 24.3 Å². The van der Waals surface area contributed by atoms with Gasteiger partial charge < -0.3 is 16.4 Å². The minimum Gasteiger partial charge on any atom is -0.375 e. The second kappa shape index (κ2) is 9.61. The second-order valence-corrected chi connectivity index (χ2v) is 13.9. The van der Waals surface area contributed by atoms with E-state index < -0.39 is 42.2 Å². The van der Waals surface area contributed by atoms with Crippen LogP contribution in [-0.2, 0) is 24.5 Å². The summed E-state index contributed by atoms with van der Waals surface area (Å²) in [6.07, 6.45) is 0.446. The second-order valence-electron chi connectivity index (χ2n) is 8.34. The summed E-state index contributed by atoms with van der Waals surface area (Å²) < 4.78 is 50.7. The number of amides is 1. The third kappa shape index (κ3) is 5.09. The lowest BCUT2D eigenvalue weighted by Gasteiger charge is -2.37. The largest absolute Gasteiger partial charge is 0.375 e. The van der Waals surface area contributed by atoms with Gasteiger partial charge in [-0.25, -0.2) is 21.8 Å². The number of nitrogens with two attached hydrogens (primary N) is 2. The van der Waals surface area contributed by atoms with Gasteiger partial charge in [0.05, 0.1) is 20.9 Å². The van der Waals surface area contributed by atoms with Crippen LogP contribution in [-0.4, -0.2) is 55.9 Å². The third-order valence-electron chi connectivity index (χ3n) is 5.47. The number of sulfone groups is 2. The van der Waals surface area contributed by atoms with Gasteiger partial charge in [-0.05, 0) is 37.1 Å². The van der Waals surface area contributed by atoms with Gasteiger partial charge in [-0.15, -0.1) is 0 Å². The van der Waals surface area contributed by atoms with Gasteiger partial charge in [0.15, 0.2) is 19.7 Å². The molecule has 1 aromatic heterocycles. The fourth-order valence-corrected chi connectivity index (χ4v) is 8.47. The Hall–Kier alpha value is -2.54. The molecule has 4 N–H and O–H groups in total. The Bertz CT molecular complexity index is 1400. The average molecular weight is 525 g/mol. The van der Waals surface area contributed by atoms with E-state index in [0.717, 1.165) is 24.5 Å². The molecule has 184 valence electrons. The van der Waals surface area contributed by atoms with E-state index >= 15 is 0 Å². The number of carbonyl (C=O) groups excluding carboxylic acids is 1. The molecule has 0 aliphatic carbocycles. The summed E-state index contributed by atoms with van der Waals surface area (Å²) in [7, 11) is -8.37. The van der Waals surface area contributed by atoms with Crippen LogP contribution in [0.4, 0.5) is 5.13 Å². The molecular weight excluding hydrogens is 496 g/mol. The quantitative estimate of drug-likeness (QED) is 0.404. The highest BCUT2D eigenvalue weighted by Gasteiger charge is 2.52. The summed E-state index contributed by atoms with van der Waals surface area (Å²) in [5.74, 6) is -1.77. The van der Waals surface area contributed by atoms with Crippen molar-refractivity contribution < 1.29 is 21.6 Å². The van der Waals surface area contributed by atoms with E-state index in [4.69, 9.17) is 11.5 Å². The van der Waals surface area contributed by atoms with E-state index in [0.29, 0.717) is 22.2 Å². The smallest absolute Gasteiger partial charge is 0.246 e. The lowest BCUT2D eigenvalue weighted by atomic mass is 10.1. The van der Waals surface area contributed by atoms with Crippen LogP contribution in [0.3, 0.4) is 0 Å². The molecule has 0 fully saturated rings. The standard InChI is InChI=1S/C22H28N4O5S3/c1-4-12-26(19(23)15-8-6-5-7-9-15)20(27)22(2,14-33(3,28)29)34(30,31)16-10-11-17-18(13-16)32-21(24)25-17/h5-11,13,19H,4,12,14,23H2,1-3H3,(H2,24,25)/t19-,22-/m0/s1. The van der Waals surface area contributed by atoms with Crippen molar-refractivity contribution in [3.63, 3.8) is 0 Å². The van der Waals surface area contributed by atoms with Gasteiger partial charge in [0.2, 0.25) is 5.91 Å². The lowest BCUT2D eigenvalue weighted by molar-refractivity contribution is -0.135. The van der Waals surface area contributed by atoms with Gasteiger partial charge in [-0.2, -0.15) is 0 Å². The van der Waals surface area contributed by atoms with Crippen LogP contribution in [0.1, 0.15) is 32.0 Å². The number of nitrogen functional groups attached to an aromatic ring is 1. The number of nitrogens with zero attached hydrogens (tertiary/aromatic N) is 2. The van der Waals surface area contributed by atoms with Crippen LogP contribution in [0.15, 0.2) is 53.4 Å². The van der Waals surface area contributed by atoms with Crippen LogP contribution in [0.5, 0.6) is 0 Å². The molecule has 0 saturated carbocycles. The molecule has 0 saturated heterocycles. The molecule has 0 spiro atoms. The predicted molar refractivity (Wildman–Crippen MR) is 135 cm³/mol. The SMILES string of the molecule is CCCN(C(=O)[C@](C)(CS(C)(=O)=O)S(=O)(=O)c1ccc2nc(N)sc2c1)[C@H](N)c1ccccc1. The number of carbonyl (C=O) groups is 1. The van der Waals surface area contributed by atoms with E-state index in [1.807, 2.05) is 6.92 Å². The van der Waals surface area contributed by atoms with E-state index in [9.17, 15) is 21.6 Å². The molecule has 2 atom stereocenters. The Balaban J connectivity index is 2.16. The monoisotopic (exact) mass is 524 g/mol. The van der Waals surface area contributed by atoms with Crippen molar-refractivity contribution in [3.8, 4) is 0 Å². The highest BCUT2D eigenvalue weighted by Crippen LogP contribution is 2.34. The normalized spacial score (nSPS) is 15.1. The van der Waals surface area contributed by atoms with Crippen molar-refractivity contribution in [2.45, 2.75) is 36.1 Å². The number of thiazole rings is 1. The topological polar surface area (TPSA) is 154 Å². The van der Waals surface area contributed by atoms with Crippen molar-refractivity contribution in [1.82, 2.24) is 9.88 Å². The summed E-state index contributed by atoms with van der Waals surface area (Å²) >= 11 is 1.10. The zero-order valence-corrected chi connectivity index (χ0v) is 21.6. The number of benzene rings is 2. The number of hydrogen-bond acceptors (Lipinski definition) is 9. The summed E-state index contributed by atoms with van der Waals surface area (Å²) in [4.78, 5) is 19.1. The van der Waals surface area contributed by atoms with Gasteiger partial charge in [-0.1, -0.05) is 48.6 Å². The van der Waals surface area contributed by atoms with Crippen LogP contribution >= 0.6 is 11.3 Å². The summed E-state index contributed by atoms with van der Waals surface area (Å²) in [5, 5.41) is 0.266. The first kappa shape index (κ1) is 26.1. The van der Waals surface area contributed by atoms with Crippen molar-refractivity contribution in [2.24, 2.45) is 5.73 Å². The first-order chi connectivity index (χ1) is 15.8. The maximum atomic E-state index is 13.9. The Labute approximate surface area is 203 Å². The van der Waals surface area contributed by atoms with Gasteiger partial charge in [-0.3, -0.25) is 4.79 Å². The maximum Gasteiger partial charge on any atom is 0.246 e. The molecule has 1 amide bonds. The Kier molecular flexibility index (Phi) is 7.37. The van der Waals surface area contributed by atoms with E-state index in [1.54, 1.807) is 30.3 Å². The molecule has 0 unspecified atom stereocenters. The van der Waals surface area contributed by atoms with Crippen LogP contribution < -0.4 is 11.5 Å². The molecule has 3 aromatic rings. The molecule has 0 aliphatic rings. The van der Waals surface area contributed by atoms with E-state index in [2.05, 4.69) is 4.98 Å². The zero-order valence-electron chi connectivity index (χ0n) is 19.1. The van der Waals surface area contributed by atoms with Crippen LogP contribution in [0.25, 0.3) is 10.2 Å². The number of fused-ring (bicyclic) bond motifs is 1. The Morgan fingerprint density at radius 2 is 1.79 bits per heavy atom. The number of aromatic nitrogens is 1.